The Balaban J connectivity index is 1.92. The molecule has 0 aliphatic carbocycles. The quantitative estimate of drug-likeness (QED) is 0.163. The van der Waals surface area contributed by atoms with Gasteiger partial charge < -0.3 is 4.74 Å². The number of benzene rings is 1. The number of ether oxygens (including phenoxy) is 1. The first-order valence-electron chi connectivity index (χ1n) is 11.8. The molecule has 0 aliphatic heterocycles. The molecule has 1 rings (SSSR count). The molecule has 4 heteroatoms. The van der Waals surface area contributed by atoms with E-state index in [2.05, 4.69) is 17.5 Å². The maximum atomic E-state index is 11.8. The van der Waals surface area contributed by atoms with Crippen LogP contribution in [-0.4, -0.2) is 18.7 Å². The highest BCUT2D eigenvalue weighted by atomic mass is 16.5. The zero-order chi connectivity index (χ0) is 21.0. The Bertz CT molecular complexity index is 540. The Morgan fingerprint density at radius 2 is 1.34 bits per heavy atom. The maximum Gasteiger partial charge on any atom is 0.240 e. The van der Waals surface area contributed by atoms with Gasteiger partial charge in [0, 0.05) is 6.42 Å². The van der Waals surface area contributed by atoms with Gasteiger partial charge in [-0.3, -0.25) is 4.79 Å². The van der Waals surface area contributed by atoms with Gasteiger partial charge in [-0.2, -0.15) is 5.10 Å². The van der Waals surface area contributed by atoms with Crippen LogP contribution in [0.4, 0.5) is 0 Å². The van der Waals surface area contributed by atoms with Crippen LogP contribution >= 0.6 is 0 Å². The van der Waals surface area contributed by atoms with E-state index in [0.29, 0.717) is 13.0 Å². The Labute approximate surface area is 178 Å². The van der Waals surface area contributed by atoms with Crippen LogP contribution < -0.4 is 10.2 Å². The molecular formula is C25H42N2O2. The van der Waals surface area contributed by atoms with Crippen molar-refractivity contribution < 1.29 is 9.53 Å². The number of nitrogens with zero attached hydrogens (tertiary/aromatic N) is 1. The van der Waals surface area contributed by atoms with E-state index in [-0.39, 0.29) is 5.91 Å². The van der Waals surface area contributed by atoms with Gasteiger partial charge >= 0.3 is 0 Å². The smallest absolute Gasteiger partial charge is 0.240 e. The predicted molar refractivity (Wildman–Crippen MR) is 124 cm³/mol. The van der Waals surface area contributed by atoms with Gasteiger partial charge in [0.2, 0.25) is 5.91 Å². The summed E-state index contributed by atoms with van der Waals surface area (Å²) in [5.74, 6) is 0.839. The highest BCUT2D eigenvalue weighted by Crippen LogP contribution is 2.13. The van der Waals surface area contributed by atoms with Crippen LogP contribution in [0.15, 0.2) is 29.4 Å². The molecule has 0 radical (unpaired) electrons. The lowest BCUT2D eigenvalue weighted by Crippen LogP contribution is -2.16. The topological polar surface area (TPSA) is 50.7 Å². The maximum absolute atomic E-state index is 11.8. The van der Waals surface area contributed by atoms with Crippen molar-refractivity contribution in [2.45, 2.75) is 104 Å². The van der Waals surface area contributed by atoms with Crippen LogP contribution in [0.25, 0.3) is 0 Å². The van der Waals surface area contributed by atoms with Gasteiger partial charge in [-0.25, -0.2) is 5.43 Å². The van der Waals surface area contributed by atoms with Crippen molar-refractivity contribution in [1.82, 2.24) is 5.43 Å². The first-order chi connectivity index (χ1) is 14.3. The third-order valence-corrected chi connectivity index (χ3v) is 5.10. The van der Waals surface area contributed by atoms with Gasteiger partial charge in [0.1, 0.15) is 5.75 Å². The van der Waals surface area contributed by atoms with Crippen LogP contribution in [-0.2, 0) is 4.79 Å². The molecule has 4 nitrogen and oxygen atoms in total. The molecule has 0 aromatic heterocycles. The second kappa shape index (κ2) is 18.2. The van der Waals surface area contributed by atoms with Gasteiger partial charge in [-0.05, 0) is 43.2 Å². The molecular weight excluding hydrogens is 360 g/mol. The SMILES string of the molecule is CCCCCCCCCCCCCCCC(=O)N/N=C/c1ccc(OCC)cc1. The Hall–Kier alpha value is -1.84. The second-order valence-electron chi connectivity index (χ2n) is 7.79. The highest BCUT2D eigenvalue weighted by Gasteiger charge is 2.00. The summed E-state index contributed by atoms with van der Waals surface area (Å²) in [6.45, 7) is 4.89. The number of carbonyl (C=O) groups is 1. The number of amides is 1. The zero-order valence-corrected chi connectivity index (χ0v) is 18.8. The molecule has 0 saturated carbocycles. The zero-order valence-electron chi connectivity index (χ0n) is 18.8. The molecule has 164 valence electrons. The number of carbonyl (C=O) groups excluding carboxylic acids is 1. The Morgan fingerprint density at radius 1 is 0.828 bits per heavy atom. The van der Waals surface area contributed by atoms with Crippen LogP contribution in [0, 0.1) is 0 Å². The van der Waals surface area contributed by atoms with Crippen molar-refractivity contribution in [1.29, 1.82) is 0 Å². The average Bonchev–Trinajstić information content (AvgIpc) is 2.73. The van der Waals surface area contributed by atoms with Crippen molar-refractivity contribution >= 4 is 12.1 Å². The number of nitrogens with one attached hydrogen (secondary N) is 1. The van der Waals surface area contributed by atoms with E-state index >= 15 is 0 Å². The molecule has 1 N–H and O–H groups in total. The van der Waals surface area contributed by atoms with Crippen molar-refractivity contribution in [3.63, 3.8) is 0 Å². The van der Waals surface area contributed by atoms with E-state index in [1.165, 1.54) is 70.6 Å². The number of hydrazone groups is 1. The fourth-order valence-corrected chi connectivity index (χ4v) is 3.35. The minimum Gasteiger partial charge on any atom is -0.494 e. The lowest BCUT2D eigenvalue weighted by atomic mass is 10.0. The predicted octanol–water partition coefficient (Wildman–Crippen LogP) is 7.02. The third kappa shape index (κ3) is 14.8. The summed E-state index contributed by atoms with van der Waals surface area (Å²) in [4.78, 5) is 11.8. The van der Waals surface area contributed by atoms with Crippen LogP contribution in [0.2, 0.25) is 0 Å². The van der Waals surface area contributed by atoms with Crippen molar-refractivity contribution in [2.75, 3.05) is 6.61 Å². The standard InChI is InChI=1S/C25H42N2O2/c1-3-5-6-7-8-9-10-11-12-13-14-15-16-17-25(28)27-26-22-23-18-20-24(21-19-23)29-4-2/h18-22H,3-17H2,1-2H3,(H,27,28)/b26-22+. The van der Waals surface area contributed by atoms with Crippen LogP contribution in [0.1, 0.15) is 109 Å². The number of hydrogen-bond acceptors (Lipinski definition) is 3. The lowest BCUT2D eigenvalue weighted by Gasteiger charge is -2.03. The highest BCUT2D eigenvalue weighted by molar-refractivity contribution is 5.82. The number of rotatable bonds is 18. The monoisotopic (exact) mass is 402 g/mol. The molecule has 0 heterocycles. The fraction of sp³-hybridized carbons (Fsp3) is 0.680. The summed E-state index contributed by atoms with van der Waals surface area (Å²) >= 11 is 0. The van der Waals surface area contributed by atoms with Gasteiger partial charge in [0.05, 0.1) is 12.8 Å². The summed E-state index contributed by atoms with van der Waals surface area (Å²) in [7, 11) is 0. The molecule has 0 atom stereocenters. The normalized spacial score (nSPS) is 11.1. The molecule has 1 aromatic rings. The van der Waals surface area contributed by atoms with E-state index in [1.54, 1.807) is 6.21 Å². The van der Waals surface area contributed by atoms with Crippen molar-refractivity contribution in [3.05, 3.63) is 29.8 Å². The number of hydrogen-bond donors (Lipinski definition) is 1. The number of unbranched alkanes of at least 4 members (excludes halogenated alkanes) is 12. The van der Waals surface area contributed by atoms with Crippen molar-refractivity contribution in [2.24, 2.45) is 5.10 Å². The Kier molecular flexibility index (Phi) is 15.8. The summed E-state index contributed by atoms with van der Waals surface area (Å²) in [5, 5.41) is 4.03. The van der Waals surface area contributed by atoms with Crippen molar-refractivity contribution in [3.8, 4) is 5.75 Å². The van der Waals surface area contributed by atoms with Gasteiger partial charge in [0.25, 0.3) is 0 Å². The molecule has 0 unspecified atom stereocenters. The first kappa shape index (κ1) is 25.2. The molecule has 0 bridgehead atoms. The third-order valence-electron chi connectivity index (χ3n) is 5.10. The van der Waals surface area contributed by atoms with E-state index < -0.39 is 0 Å². The summed E-state index contributed by atoms with van der Waals surface area (Å²) < 4.78 is 5.40. The molecule has 29 heavy (non-hydrogen) atoms. The first-order valence-corrected chi connectivity index (χ1v) is 11.8. The molecule has 1 aromatic carbocycles. The lowest BCUT2D eigenvalue weighted by molar-refractivity contribution is -0.121. The molecule has 0 fully saturated rings. The molecule has 0 saturated heterocycles. The van der Waals surface area contributed by atoms with E-state index in [0.717, 1.165) is 24.2 Å². The summed E-state index contributed by atoms with van der Waals surface area (Å²) in [6.07, 6.45) is 19.3. The van der Waals surface area contributed by atoms with Gasteiger partial charge in [-0.15, -0.1) is 0 Å². The van der Waals surface area contributed by atoms with E-state index in [4.69, 9.17) is 4.74 Å². The van der Waals surface area contributed by atoms with Gasteiger partial charge in [0.15, 0.2) is 0 Å². The van der Waals surface area contributed by atoms with Gasteiger partial charge in [-0.1, -0.05) is 84.0 Å². The Morgan fingerprint density at radius 3 is 1.86 bits per heavy atom. The van der Waals surface area contributed by atoms with Crippen LogP contribution in [0.3, 0.4) is 0 Å². The van der Waals surface area contributed by atoms with E-state index in [9.17, 15) is 4.79 Å². The summed E-state index contributed by atoms with van der Waals surface area (Å²) in [5.41, 5.74) is 3.55. The van der Waals surface area contributed by atoms with Crippen LogP contribution in [0.5, 0.6) is 5.75 Å². The average molecular weight is 403 g/mol. The molecule has 0 spiro atoms. The fourth-order valence-electron chi connectivity index (χ4n) is 3.35. The summed E-state index contributed by atoms with van der Waals surface area (Å²) in [6, 6.07) is 7.65. The molecule has 1 amide bonds. The second-order valence-corrected chi connectivity index (χ2v) is 7.79. The minimum absolute atomic E-state index is 0.00439. The minimum atomic E-state index is -0.00439. The largest absolute Gasteiger partial charge is 0.494 e. The molecule has 0 aliphatic rings. The van der Waals surface area contributed by atoms with E-state index in [1.807, 2.05) is 31.2 Å².